The van der Waals surface area contributed by atoms with Gasteiger partial charge in [-0.1, -0.05) is 18.2 Å². The minimum atomic E-state index is 0. The number of nitrogens with zero attached hydrogens (tertiary/aromatic N) is 4. The molecule has 2 aromatic rings. The molecule has 2 N–H and O–H groups in total. The third-order valence-electron chi connectivity index (χ3n) is 5.84. The van der Waals surface area contributed by atoms with Crippen molar-refractivity contribution in [2.24, 2.45) is 4.99 Å². The number of benzene rings is 1. The van der Waals surface area contributed by atoms with Crippen LogP contribution in [0.25, 0.3) is 0 Å². The van der Waals surface area contributed by atoms with Crippen molar-refractivity contribution in [3.05, 3.63) is 41.5 Å². The van der Waals surface area contributed by atoms with Crippen LogP contribution in [0.3, 0.4) is 0 Å². The van der Waals surface area contributed by atoms with Crippen molar-refractivity contribution < 1.29 is 9.47 Å². The molecule has 32 heavy (non-hydrogen) atoms. The molecule has 8 nitrogen and oxygen atoms in total. The van der Waals surface area contributed by atoms with Crippen LogP contribution in [-0.2, 0) is 30.9 Å². The Labute approximate surface area is 207 Å². The van der Waals surface area contributed by atoms with Crippen LogP contribution >= 0.6 is 24.0 Å². The topological polar surface area (TPSA) is 85.6 Å². The summed E-state index contributed by atoms with van der Waals surface area (Å²) >= 11 is 0. The number of aliphatic imine (C=N–C) groups is 1. The summed E-state index contributed by atoms with van der Waals surface area (Å²) in [5, 5.41) is 11.5. The summed E-state index contributed by atoms with van der Waals surface area (Å²) in [4.78, 5) is 9.41. The molecule has 0 amide bonds. The van der Waals surface area contributed by atoms with Gasteiger partial charge in [-0.2, -0.15) is 5.10 Å². The minimum Gasteiger partial charge on any atom is -0.490 e. The van der Waals surface area contributed by atoms with E-state index in [1.165, 1.54) is 12.8 Å². The van der Waals surface area contributed by atoms with Crippen LogP contribution in [0.2, 0.25) is 0 Å². The van der Waals surface area contributed by atoms with Gasteiger partial charge in [0.1, 0.15) is 18.2 Å². The van der Waals surface area contributed by atoms with Crippen LogP contribution < -0.4 is 15.4 Å². The van der Waals surface area contributed by atoms with Gasteiger partial charge in [-0.25, -0.2) is 14.7 Å². The number of rotatable bonds is 8. The van der Waals surface area contributed by atoms with Gasteiger partial charge < -0.3 is 20.1 Å². The Hall–Kier alpha value is -1.88. The van der Waals surface area contributed by atoms with E-state index in [0.717, 1.165) is 67.7 Å². The van der Waals surface area contributed by atoms with Crippen LogP contribution in [0.1, 0.15) is 56.2 Å². The molecule has 176 valence electrons. The maximum absolute atomic E-state index is 6.27. The lowest BCUT2D eigenvalue weighted by molar-refractivity contribution is 0.177. The number of hydrogen-bond donors (Lipinski definition) is 2. The number of nitrogens with one attached hydrogen (secondary N) is 2. The van der Waals surface area contributed by atoms with E-state index in [1.54, 1.807) is 7.11 Å². The van der Waals surface area contributed by atoms with Crippen molar-refractivity contribution in [2.75, 3.05) is 13.7 Å². The van der Waals surface area contributed by atoms with E-state index in [0.29, 0.717) is 19.3 Å². The molecule has 1 aliphatic carbocycles. The van der Waals surface area contributed by atoms with Crippen LogP contribution in [-0.4, -0.2) is 46.5 Å². The van der Waals surface area contributed by atoms with Crippen molar-refractivity contribution in [3.8, 4) is 5.75 Å². The van der Waals surface area contributed by atoms with Crippen molar-refractivity contribution in [2.45, 2.75) is 77.3 Å². The fraction of sp³-hybridized carbons (Fsp3) is 0.609. The van der Waals surface area contributed by atoms with E-state index in [4.69, 9.17) is 14.5 Å². The minimum absolute atomic E-state index is 0. The SMILES string of the molecule is CCNC(=NCc1ccccc1OC1CCCC1)NC1CCc2nc(COC)nn2C1.I. The van der Waals surface area contributed by atoms with Gasteiger partial charge in [0.15, 0.2) is 11.8 Å². The number of halogens is 1. The highest BCUT2D eigenvalue weighted by atomic mass is 127. The van der Waals surface area contributed by atoms with Gasteiger partial charge in [0.2, 0.25) is 0 Å². The highest BCUT2D eigenvalue weighted by Gasteiger charge is 2.22. The van der Waals surface area contributed by atoms with Gasteiger partial charge in [0.25, 0.3) is 0 Å². The largest absolute Gasteiger partial charge is 0.490 e. The number of methoxy groups -OCH3 is 1. The molecule has 1 saturated carbocycles. The molecule has 1 atom stereocenters. The van der Waals surface area contributed by atoms with Gasteiger partial charge in [-0.05, 0) is 45.1 Å². The Kier molecular flexibility index (Phi) is 9.58. The zero-order valence-electron chi connectivity index (χ0n) is 19.0. The Bertz CT molecular complexity index is 881. The van der Waals surface area contributed by atoms with Crippen LogP contribution in [0.15, 0.2) is 29.3 Å². The molecule has 0 spiro atoms. The zero-order valence-corrected chi connectivity index (χ0v) is 21.4. The highest BCUT2D eigenvalue weighted by Crippen LogP contribution is 2.27. The first kappa shape index (κ1) is 24.8. The molecule has 1 aliphatic heterocycles. The first-order valence-corrected chi connectivity index (χ1v) is 11.5. The standard InChI is InChI=1S/C23H34N6O2.HI/c1-3-24-23(26-18-12-13-22-27-21(16-30-2)28-29(22)15-18)25-14-17-8-4-7-11-20(17)31-19-9-5-6-10-19;/h4,7-8,11,18-19H,3,5-6,9-10,12-16H2,1-2H3,(H2,24,25,26);1H. The molecular formula is C23H35IN6O2. The number of aryl methyl sites for hydroxylation is 1. The average Bonchev–Trinajstić information content (AvgIpc) is 3.42. The summed E-state index contributed by atoms with van der Waals surface area (Å²) < 4.78 is 13.4. The molecule has 4 rings (SSSR count). The Balaban J connectivity index is 0.00000289. The smallest absolute Gasteiger partial charge is 0.191 e. The summed E-state index contributed by atoms with van der Waals surface area (Å²) in [5.74, 6) is 3.57. The molecule has 1 aromatic carbocycles. The molecule has 1 fully saturated rings. The molecule has 9 heteroatoms. The zero-order chi connectivity index (χ0) is 21.5. The molecule has 2 aliphatic rings. The van der Waals surface area contributed by atoms with Crippen molar-refractivity contribution in [1.29, 1.82) is 0 Å². The maximum atomic E-state index is 6.27. The van der Waals surface area contributed by atoms with Gasteiger partial charge >= 0.3 is 0 Å². The second-order valence-corrected chi connectivity index (χ2v) is 8.27. The highest BCUT2D eigenvalue weighted by molar-refractivity contribution is 14.0. The number of fused-ring (bicyclic) bond motifs is 1. The molecule has 0 radical (unpaired) electrons. The number of aromatic nitrogens is 3. The van der Waals surface area contributed by atoms with E-state index in [-0.39, 0.29) is 30.0 Å². The lowest BCUT2D eigenvalue weighted by Gasteiger charge is -2.25. The Morgan fingerprint density at radius 3 is 2.81 bits per heavy atom. The third kappa shape index (κ3) is 6.57. The van der Waals surface area contributed by atoms with Gasteiger partial charge in [0.05, 0.1) is 19.2 Å². The third-order valence-corrected chi connectivity index (χ3v) is 5.84. The second-order valence-electron chi connectivity index (χ2n) is 8.27. The van der Waals surface area contributed by atoms with Gasteiger partial charge in [0, 0.05) is 31.7 Å². The Morgan fingerprint density at radius 1 is 1.22 bits per heavy atom. The predicted molar refractivity (Wildman–Crippen MR) is 136 cm³/mol. The number of hydrogen-bond acceptors (Lipinski definition) is 5. The van der Waals surface area contributed by atoms with E-state index in [1.807, 2.05) is 10.7 Å². The fourth-order valence-corrected chi connectivity index (χ4v) is 4.28. The van der Waals surface area contributed by atoms with Crippen molar-refractivity contribution >= 4 is 29.9 Å². The molecular weight excluding hydrogens is 519 g/mol. The molecule has 0 bridgehead atoms. The van der Waals surface area contributed by atoms with Crippen molar-refractivity contribution in [1.82, 2.24) is 25.4 Å². The van der Waals surface area contributed by atoms with Crippen molar-refractivity contribution in [3.63, 3.8) is 0 Å². The average molecular weight is 554 g/mol. The predicted octanol–water partition coefficient (Wildman–Crippen LogP) is 3.43. The second kappa shape index (κ2) is 12.4. The maximum Gasteiger partial charge on any atom is 0.191 e. The normalized spacial score (nSPS) is 18.7. The first-order chi connectivity index (χ1) is 15.2. The fourth-order valence-electron chi connectivity index (χ4n) is 4.28. The van der Waals surface area contributed by atoms with E-state index in [9.17, 15) is 0 Å². The molecule has 0 saturated heterocycles. The lowest BCUT2D eigenvalue weighted by Crippen LogP contribution is -2.47. The first-order valence-electron chi connectivity index (χ1n) is 11.5. The number of ether oxygens (including phenoxy) is 2. The van der Waals surface area contributed by atoms with Crippen LogP contribution in [0, 0.1) is 0 Å². The summed E-state index contributed by atoms with van der Waals surface area (Å²) in [5.41, 5.74) is 1.12. The van der Waals surface area contributed by atoms with E-state index < -0.39 is 0 Å². The molecule has 1 unspecified atom stereocenters. The number of para-hydroxylation sites is 1. The summed E-state index contributed by atoms with van der Waals surface area (Å²) in [6.07, 6.45) is 7.07. The van der Waals surface area contributed by atoms with E-state index >= 15 is 0 Å². The quantitative estimate of drug-likeness (QED) is 0.296. The van der Waals surface area contributed by atoms with Gasteiger partial charge in [-0.3, -0.25) is 0 Å². The lowest BCUT2D eigenvalue weighted by atomic mass is 10.1. The van der Waals surface area contributed by atoms with Gasteiger partial charge in [-0.15, -0.1) is 24.0 Å². The molecule has 1 aromatic heterocycles. The van der Waals surface area contributed by atoms with Crippen LogP contribution in [0.4, 0.5) is 0 Å². The molecule has 2 heterocycles. The van der Waals surface area contributed by atoms with E-state index in [2.05, 4.69) is 45.8 Å². The summed E-state index contributed by atoms with van der Waals surface area (Å²) in [6.45, 7) is 4.70. The van der Waals surface area contributed by atoms with Crippen LogP contribution in [0.5, 0.6) is 5.75 Å². The Morgan fingerprint density at radius 2 is 2.03 bits per heavy atom. The monoisotopic (exact) mass is 554 g/mol. The summed E-state index contributed by atoms with van der Waals surface area (Å²) in [6, 6.07) is 8.52. The number of guanidine groups is 1. The summed E-state index contributed by atoms with van der Waals surface area (Å²) in [7, 11) is 1.67.